The summed E-state index contributed by atoms with van der Waals surface area (Å²) in [5.74, 6) is 0. The summed E-state index contributed by atoms with van der Waals surface area (Å²) in [5, 5.41) is 4.00. The fourth-order valence-corrected chi connectivity index (χ4v) is 5.98. The van der Waals surface area contributed by atoms with Crippen LogP contribution in [0.25, 0.3) is 53.5 Å². The van der Waals surface area contributed by atoms with Crippen molar-refractivity contribution < 1.29 is 0 Å². The number of thiophene rings is 1. The molecule has 3 N–H and O–H groups in total. The Labute approximate surface area is 197 Å². The minimum atomic E-state index is 0.736. The van der Waals surface area contributed by atoms with Gasteiger partial charge >= 0.3 is 0 Å². The molecule has 0 aliphatic rings. The molecule has 6 rings (SSSR count). The van der Waals surface area contributed by atoms with E-state index in [-0.39, 0.29) is 0 Å². The van der Waals surface area contributed by atoms with Gasteiger partial charge in [-0.15, -0.1) is 11.3 Å². The van der Waals surface area contributed by atoms with Gasteiger partial charge in [-0.2, -0.15) is 0 Å². The predicted molar refractivity (Wildman–Crippen MR) is 144 cm³/mol. The van der Waals surface area contributed by atoms with Crippen LogP contribution in [0.1, 0.15) is 18.4 Å². The largest absolute Gasteiger partial charge is 0.354 e. The average Bonchev–Trinajstić information content (AvgIpc) is 3.42. The van der Waals surface area contributed by atoms with E-state index in [1.165, 1.54) is 59.0 Å². The second-order valence-corrected chi connectivity index (χ2v) is 9.74. The number of aromatic amines is 1. The van der Waals surface area contributed by atoms with Gasteiger partial charge in [0.25, 0.3) is 0 Å². The van der Waals surface area contributed by atoms with Gasteiger partial charge in [0, 0.05) is 36.8 Å². The van der Waals surface area contributed by atoms with Crippen molar-refractivity contribution >= 4 is 42.4 Å². The number of nitrogens with two attached hydrogens (primary N) is 1. The first-order chi connectivity index (χ1) is 16.3. The first-order valence-electron chi connectivity index (χ1n) is 11.6. The minimum Gasteiger partial charge on any atom is -0.354 e. The van der Waals surface area contributed by atoms with Gasteiger partial charge in [0.2, 0.25) is 0 Å². The highest BCUT2D eigenvalue weighted by atomic mass is 32.1. The second kappa shape index (κ2) is 8.51. The molecule has 0 unspecified atom stereocenters. The number of aromatic nitrogens is 1. The zero-order valence-corrected chi connectivity index (χ0v) is 19.3. The predicted octanol–water partition coefficient (Wildman–Crippen LogP) is 8.15. The number of H-pyrrole nitrogens is 1. The highest BCUT2D eigenvalue weighted by Crippen LogP contribution is 2.39. The monoisotopic (exact) mass is 446 g/mol. The van der Waals surface area contributed by atoms with Crippen LogP contribution in [-0.4, -0.2) is 11.5 Å². The van der Waals surface area contributed by atoms with Crippen LogP contribution in [0.2, 0.25) is 0 Å². The van der Waals surface area contributed by atoms with Crippen molar-refractivity contribution in [2.24, 2.45) is 5.73 Å². The summed E-state index contributed by atoms with van der Waals surface area (Å²) in [7, 11) is 0. The quantitative estimate of drug-likeness (QED) is 0.249. The Bertz CT molecular complexity index is 1570. The number of hydrogen-bond donors (Lipinski definition) is 2. The Morgan fingerprint density at radius 2 is 1.39 bits per heavy atom. The van der Waals surface area contributed by atoms with Crippen molar-refractivity contribution in [1.29, 1.82) is 0 Å². The van der Waals surface area contributed by atoms with E-state index in [9.17, 15) is 0 Å². The highest BCUT2D eigenvalue weighted by Gasteiger charge is 2.15. The first kappa shape index (κ1) is 20.2. The standard InChI is InChI=1S/C30H26N2S/c31-17-7-6-11-24-25-18-21(20-8-2-1-3-9-20)13-15-27(25)32-30(24)22-14-16-29-26(19-22)23-10-4-5-12-28(23)33-29/h1-5,8-10,12-16,18-19,32H,6-7,11,17,31H2. The molecule has 2 nitrogen and oxygen atoms in total. The lowest BCUT2D eigenvalue weighted by atomic mass is 9.97. The Morgan fingerprint density at radius 3 is 2.27 bits per heavy atom. The number of fused-ring (bicyclic) bond motifs is 4. The zero-order valence-electron chi connectivity index (χ0n) is 18.5. The molecular formula is C30H26N2S. The van der Waals surface area contributed by atoms with Crippen LogP contribution in [0.3, 0.4) is 0 Å². The second-order valence-electron chi connectivity index (χ2n) is 8.66. The summed E-state index contributed by atoms with van der Waals surface area (Å²) in [6, 6.07) is 33.0. The van der Waals surface area contributed by atoms with Gasteiger partial charge in [-0.1, -0.05) is 60.7 Å². The molecule has 162 valence electrons. The molecule has 0 bridgehead atoms. The molecule has 0 aliphatic carbocycles. The average molecular weight is 447 g/mol. The Kier molecular flexibility index (Phi) is 5.21. The van der Waals surface area contributed by atoms with E-state index in [2.05, 4.69) is 96.0 Å². The third-order valence-electron chi connectivity index (χ3n) is 6.56. The van der Waals surface area contributed by atoms with E-state index in [0.29, 0.717) is 0 Å². The lowest BCUT2D eigenvalue weighted by Crippen LogP contribution is -1.99. The van der Waals surface area contributed by atoms with Crippen LogP contribution in [0.4, 0.5) is 0 Å². The highest BCUT2D eigenvalue weighted by molar-refractivity contribution is 7.25. The molecule has 0 saturated carbocycles. The maximum Gasteiger partial charge on any atom is 0.0497 e. The normalized spacial score (nSPS) is 11.7. The fraction of sp³-hybridized carbons (Fsp3) is 0.133. The van der Waals surface area contributed by atoms with Crippen molar-refractivity contribution in [2.45, 2.75) is 19.3 Å². The lowest BCUT2D eigenvalue weighted by molar-refractivity contribution is 0.748. The minimum absolute atomic E-state index is 0.736. The molecule has 0 saturated heterocycles. The topological polar surface area (TPSA) is 41.8 Å². The number of unbranched alkanes of at least 4 members (excludes halogenated alkanes) is 1. The Balaban J connectivity index is 1.53. The van der Waals surface area contributed by atoms with E-state index in [0.717, 1.165) is 25.8 Å². The van der Waals surface area contributed by atoms with E-state index < -0.39 is 0 Å². The smallest absolute Gasteiger partial charge is 0.0497 e. The van der Waals surface area contributed by atoms with E-state index >= 15 is 0 Å². The van der Waals surface area contributed by atoms with Gasteiger partial charge in [-0.25, -0.2) is 0 Å². The molecule has 0 spiro atoms. The van der Waals surface area contributed by atoms with Crippen LogP contribution >= 0.6 is 11.3 Å². The van der Waals surface area contributed by atoms with Crippen molar-refractivity contribution in [2.75, 3.05) is 6.54 Å². The van der Waals surface area contributed by atoms with Gasteiger partial charge in [-0.05, 0) is 78.4 Å². The molecule has 2 heterocycles. The maximum atomic E-state index is 5.83. The summed E-state index contributed by atoms with van der Waals surface area (Å²) >= 11 is 1.87. The molecule has 33 heavy (non-hydrogen) atoms. The summed E-state index contributed by atoms with van der Waals surface area (Å²) in [6.45, 7) is 0.736. The SMILES string of the molecule is NCCCCc1c(-c2ccc3sc4ccccc4c3c2)[nH]c2ccc(-c3ccccc3)cc12. The van der Waals surface area contributed by atoms with Crippen LogP contribution in [0, 0.1) is 0 Å². The maximum absolute atomic E-state index is 5.83. The Morgan fingerprint density at radius 1 is 0.636 bits per heavy atom. The lowest BCUT2D eigenvalue weighted by Gasteiger charge is -2.07. The van der Waals surface area contributed by atoms with E-state index in [4.69, 9.17) is 5.73 Å². The molecule has 6 aromatic rings. The van der Waals surface area contributed by atoms with Gasteiger partial charge in [0.1, 0.15) is 0 Å². The number of nitrogens with one attached hydrogen (secondary N) is 1. The van der Waals surface area contributed by atoms with Crippen LogP contribution in [0.5, 0.6) is 0 Å². The molecule has 0 amide bonds. The van der Waals surface area contributed by atoms with Crippen molar-refractivity contribution in [3.63, 3.8) is 0 Å². The van der Waals surface area contributed by atoms with Crippen molar-refractivity contribution in [3.8, 4) is 22.4 Å². The van der Waals surface area contributed by atoms with Crippen molar-refractivity contribution in [1.82, 2.24) is 4.98 Å². The van der Waals surface area contributed by atoms with Gasteiger partial charge in [0.05, 0.1) is 0 Å². The van der Waals surface area contributed by atoms with E-state index in [1.807, 2.05) is 11.3 Å². The number of hydrogen-bond acceptors (Lipinski definition) is 2. The summed E-state index contributed by atoms with van der Waals surface area (Å²) in [5.41, 5.74) is 13.4. The van der Waals surface area contributed by atoms with E-state index in [1.54, 1.807) is 0 Å². The third kappa shape index (κ3) is 3.64. The molecule has 0 radical (unpaired) electrons. The van der Waals surface area contributed by atoms with Crippen LogP contribution in [0.15, 0.2) is 91.0 Å². The fourth-order valence-electron chi connectivity index (χ4n) is 4.89. The molecular weight excluding hydrogens is 420 g/mol. The molecule has 2 aromatic heterocycles. The molecule has 0 fully saturated rings. The number of rotatable bonds is 6. The van der Waals surface area contributed by atoms with Crippen LogP contribution in [-0.2, 0) is 6.42 Å². The van der Waals surface area contributed by atoms with Gasteiger partial charge in [0.15, 0.2) is 0 Å². The number of benzene rings is 4. The summed E-state index contributed by atoms with van der Waals surface area (Å²) < 4.78 is 2.68. The number of aryl methyl sites for hydroxylation is 1. The first-order valence-corrected chi connectivity index (χ1v) is 12.5. The molecule has 0 atom stereocenters. The molecule has 0 aliphatic heterocycles. The zero-order chi connectivity index (χ0) is 22.2. The van der Waals surface area contributed by atoms with Crippen LogP contribution < -0.4 is 5.73 Å². The molecule has 4 aromatic carbocycles. The van der Waals surface area contributed by atoms with Gasteiger partial charge in [-0.3, -0.25) is 0 Å². The van der Waals surface area contributed by atoms with Gasteiger partial charge < -0.3 is 10.7 Å². The third-order valence-corrected chi connectivity index (χ3v) is 7.71. The summed E-state index contributed by atoms with van der Waals surface area (Å²) in [6.07, 6.45) is 3.15. The Hall–Kier alpha value is -3.40. The summed E-state index contributed by atoms with van der Waals surface area (Å²) in [4.78, 5) is 3.76. The van der Waals surface area contributed by atoms with Crippen molar-refractivity contribution in [3.05, 3.63) is 96.6 Å². The molecule has 3 heteroatoms.